The van der Waals surface area contributed by atoms with Crippen LogP contribution in [-0.4, -0.2) is 31.0 Å². The third kappa shape index (κ3) is 4.55. The Hall–Kier alpha value is -3.63. The van der Waals surface area contributed by atoms with Gasteiger partial charge in [0.15, 0.2) is 5.82 Å². The Balaban J connectivity index is 1.76. The molecule has 0 saturated heterocycles. The lowest BCUT2D eigenvalue weighted by atomic mass is 10.2. The third-order valence-electron chi connectivity index (χ3n) is 3.49. The van der Waals surface area contributed by atoms with Crippen LogP contribution in [0.25, 0.3) is 11.5 Å². The van der Waals surface area contributed by atoms with E-state index in [1.54, 1.807) is 31.3 Å². The summed E-state index contributed by atoms with van der Waals surface area (Å²) in [6.45, 7) is 2.98. The summed E-state index contributed by atoms with van der Waals surface area (Å²) in [5, 5.41) is 4.84. The van der Waals surface area contributed by atoms with Crippen LogP contribution in [0.1, 0.15) is 17.2 Å². The number of rotatable bonds is 3. The van der Waals surface area contributed by atoms with Crippen molar-refractivity contribution in [1.82, 2.24) is 24.9 Å². The number of aryl methyl sites for hydroxylation is 2. The topological polar surface area (TPSA) is 106 Å². The Morgan fingerprint density at radius 2 is 1.75 bits per heavy atom. The Kier molecular flexibility index (Phi) is 5.16. The van der Waals surface area contributed by atoms with Gasteiger partial charge in [0.05, 0.1) is 11.4 Å². The lowest BCUT2D eigenvalue weighted by Crippen LogP contribution is -2.22. The van der Waals surface area contributed by atoms with Gasteiger partial charge in [-0.15, -0.1) is 0 Å². The molecule has 0 saturated carbocycles. The molecule has 3 aromatic rings. The van der Waals surface area contributed by atoms with E-state index in [-0.39, 0.29) is 23.2 Å². The minimum atomic E-state index is -4.56. The lowest BCUT2D eigenvalue weighted by Gasteiger charge is -2.12. The highest BCUT2D eigenvalue weighted by atomic mass is 19.4. The summed E-state index contributed by atoms with van der Waals surface area (Å²) in [6.07, 6.45) is -2.98. The minimum Gasteiger partial charge on any atom is -0.306 e. The van der Waals surface area contributed by atoms with Gasteiger partial charge in [-0.1, -0.05) is 6.07 Å². The summed E-state index contributed by atoms with van der Waals surface area (Å²) >= 11 is 0. The van der Waals surface area contributed by atoms with Crippen molar-refractivity contribution in [2.45, 2.75) is 20.0 Å². The zero-order chi connectivity index (χ0) is 20.3. The standard InChI is InChI=1S/C17H14F3N7O/c1-9-11(6-7-13(22-9)17(18,19)20)25-16(28)27-15-24-10(2)23-14(26-15)12-5-3-4-8-21-12/h3-8H,1-2H3,(H2,23,24,25,26,27,28). The van der Waals surface area contributed by atoms with Gasteiger partial charge in [0, 0.05) is 6.20 Å². The molecule has 2 amide bonds. The summed E-state index contributed by atoms with van der Waals surface area (Å²) in [6, 6.07) is 6.39. The Labute approximate surface area is 157 Å². The van der Waals surface area contributed by atoms with Crippen molar-refractivity contribution in [2.24, 2.45) is 0 Å². The first-order valence-corrected chi connectivity index (χ1v) is 7.99. The zero-order valence-corrected chi connectivity index (χ0v) is 14.7. The van der Waals surface area contributed by atoms with Gasteiger partial charge in [-0.05, 0) is 38.1 Å². The predicted molar refractivity (Wildman–Crippen MR) is 94.4 cm³/mol. The fourth-order valence-electron chi connectivity index (χ4n) is 2.25. The van der Waals surface area contributed by atoms with E-state index in [4.69, 9.17) is 0 Å². The molecule has 0 aliphatic carbocycles. The summed E-state index contributed by atoms with van der Waals surface area (Å²) < 4.78 is 38.0. The number of carbonyl (C=O) groups is 1. The number of halogens is 3. The molecule has 0 aromatic carbocycles. The average molecular weight is 389 g/mol. The molecular weight excluding hydrogens is 375 g/mol. The van der Waals surface area contributed by atoms with E-state index >= 15 is 0 Å². The molecule has 0 spiro atoms. The minimum absolute atomic E-state index is 0.0194. The average Bonchev–Trinajstić information content (AvgIpc) is 2.62. The lowest BCUT2D eigenvalue weighted by molar-refractivity contribution is -0.141. The zero-order valence-electron chi connectivity index (χ0n) is 14.7. The number of hydrogen-bond donors (Lipinski definition) is 2. The fourth-order valence-corrected chi connectivity index (χ4v) is 2.25. The molecule has 3 rings (SSSR count). The number of pyridine rings is 2. The van der Waals surface area contributed by atoms with Crippen molar-refractivity contribution >= 4 is 17.7 Å². The number of aromatic nitrogens is 5. The summed E-state index contributed by atoms with van der Waals surface area (Å²) in [4.78, 5) is 32.1. The van der Waals surface area contributed by atoms with Crippen LogP contribution in [0.15, 0.2) is 36.5 Å². The first kappa shape index (κ1) is 19.1. The highest BCUT2D eigenvalue weighted by molar-refractivity contribution is 5.99. The molecule has 0 aliphatic heterocycles. The number of urea groups is 1. The molecule has 0 radical (unpaired) electrons. The number of carbonyl (C=O) groups excluding carboxylic acids is 1. The van der Waals surface area contributed by atoms with Crippen LogP contribution in [0.2, 0.25) is 0 Å². The van der Waals surface area contributed by atoms with Crippen molar-refractivity contribution in [3.63, 3.8) is 0 Å². The highest BCUT2D eigenvalue weighted by Gasteiger charge is 2.32. The van der Waals surface area contributed by atoms with Crippen LogP contribution >= 0.6 is 0 Å². The van der Waals surface area contributed by atoms with Gasteiger partial charge in [0.25, 0.3) is 0 Å². The first-order valence-electron chi connectivity index (χ1n) is 7.99. The van der Waals surface area contributed by atoms with Crippen molar-refractivity contribution in [3.8, 4) is 11.5 Å². The van der Waals surface area contributed by atoms with Crippen LogP contribution in [0.4, 0.5) is 29.6 Å². The van der Waals surface area contributed by atoms with Gasteiger partial charge in [-0.3, -0.25) is 10.3 Å². The van der Waals surface area contributed by atoms with Gasteiger partial charge in [-0.2, -0.15) is 23.1 Å². The Morgan fingerprint density at radius 1 is 0.964 bits per heavy atom. The number of nitrogens with zero attached hydrogens (tertiary/aromatic N) is 5. The van der Waals surface area contributed by atoms with Gasteiger partial charge in [0.1, 0.15) is 17.2 Å². The van der Waals surface area contributed by atoms with Gasteiger partial charge in [-0.25, -0.2) is 14.8 Å². The number of amides is 2. The molecule has 0 unspecified atom stereocenters. The van der Waals surface area contributed by atoms with Crippen LogP contribution in [0.5, 0.6) is 0 Å². The maximum atomic E-state index is 12.7. The maximum Gasteiger partial charge on any atom is 0.433 e. The van der Waals surface area contributed by atoms with E-state index in [1.165, 1.54) is 6.92 Å². The Morgan fingerprint density at radius 3 is 2.39 bits per heavy atom. The maximum absolute atomic E-state index is 12.7. The van der Waals surface area contributed by atoms with Crippen LogP contribution in [0.3, 0.4) is 0 Å². The summed E-state index contributed by atoms with van der Waals surface area (Å²) in [7, 11) is 0. The normalized spacial score (nSPS) is 11.2. The van der Waals surface area contributed by atoms with E-state index in [0.717, 1.165) is 12.1 Å². The molecule has 0 fully saturated rings. The van der Waals surface area contributed by atoms with Crippen molar-refractivity contribution in [2.75, 3.05) is 10.6 Å². The van der Waals surface area contributed by atoms with Crippen molar-refractivity contribution < 1.29 is 18.0 Å². The van der Waals surface area contributed by atoms with E-state index in [0.29, 0.717) is 11.5 Å². The second kappa shape index (κ2) is 7.55. The van der Waals surface area contributed by atoms with Crippen LogP contribution in [-0.2, 0) is 6.18 Å². The second-order valence-electron chi connectivity index (χ2n) is 5.65. The van der Waals surface area contributed by atoms with Gasteiger partial charge in [0.2, 0.25) is 5.95 Å². The molecule has 3 heterocycles. The molecule has 144 valence electrons. The fraction of sp³-hybridized carbons (Fsp3) is 0.176. The molecule has 8 nitrogen and oxygen atoms in total. The molecule has 0 atom stereocenters. The quantitative estimate of drug-likeness (QED) is 0.709. The van der Waals surface area contributed by atoms with E-state index in [2.05, 4.69) is 35.6 Å². The van der Waals surface area contributed by atoms with Crippen LogP contribution in [0, 0.1) is 13.8 Å². The van der Waals surface area contributed by atoms with Gasteiger partial charge < -0.3 is 5.32 Å². The molecular formula is C17H14F3N7O. The number of nitrogens with one attached hydrogen (secondary N) is 2. The first-order chi connectivity index (χ1) is 13.2. The smallest absolute Gasteiger partial charge is 0.306 e. The molecule has 2 N–H and O–H groups in total. The van der Waals surface area contributed by atoms with E-state index in [1.807, 2.05) is 0 Å². The number of alkyl halides is 3. The molecule has 0 bridgehead atoms. The number of anilines is 2. The Bertz CT molecular complexity index is 1010. The van der Waals surface area contributed by atoms with Gasteiger partial charge >= 0.3 is 12.2 Å². The largest absolute Gasteiger partial charge is 0.433 e. The SMILES string of the molecule is Cc1nc(NC(=O)Nc2ccc(C(F)(F)F)nc2C)nc(-c2ccccn2)n1. The predicted octanol–water partition coefficient (Wildman–Crippen LogP) is 3.61. The number of hydrogen-bond acceptors (Lipinski definition) is 6. The monoisotopic (exact) mass is 389 g/mol. The van der Waals surface area contributed by atoms with E-state index in [9.17, 15) is 18.0 Å². The summed E-state index contributed by atoms with van der Waals surface area (Å²) in [5.74, 6) is 0.609. The molecule has 28 heavy (non-hydrogen) atoms. The van der Waals surface area contributed by atoms with Crippen molar-refractivity contribution in [1.29, 1.82) is 0 Å². The molecule has 0 aliphatic rings. The summed E-state index contributed by atoms with van der Waals surface area (Å²) in [5.41, 5.74) is -0.393. The van der Waals surface area contributed by atoms with Crippen LogP contribution < -0.4 is 10.6 Å². The molecule has 3 aromatic heterocycles. The third-order valence-corrected chi connectivity index (χ3v) is 3.49. The second-order valence-corrected chi connectivity index (χ2v) is 5.65. The van der Waals surface area contributed by atoms with Crippen molar-refractivity contribution in [3.05, 3.63) is 53.7 Å². The van der Waals surface area contributed by atoms with E-state index < -0.39 is 17.9 Å². The molecule has 11 heteroatoms. The highest BCUT2D eigenvalue weighted by Crippen LogP contribution is 2.29.